The maximum absolute atomic E-state index is 13.3. The third kappa shape index (κ3) is 2.63. The Bertz CT molecular complexity index is 1800. The fraction of sp³-hybridized carbons (Fsp3) is 0. The highest BCUT2D eigenvalue weighted by Gasteiger charge is 2.34. The molecule has 0 radical (unpaired) electrons. The summed E-state index contributed by atoms with van der Waals surface area (Å²) in [6, 6.07) is 32.2. The van der Waals surface area contributed by atoms with E-state index in [0.29, 0.717) is 11.1 Å². The molecule has 6 aromatic rings. The highest BCUT2D eigenvalue weighted by Crippen LogP contribution is 2.37. The second-order valence-corrected chi connectivity index (χ2v) is 9.57. The van der Waals surface area contributed by atoms with Crippen molar-refractivity contribution < 1.29 is 9.59 Å². The number of fused-ring (bicyclic) bond motifs is 6. The molecule has 0 atom stereocenters. The highest BCUT2D eigenvalue weighted by atomic mass is 32.1. The Hall–Kier alpha value is -4.28. The third-order valence-corrected chi connectivity index (χ3v) is 7.61. The van der Waals surface area contributed by atoms with Gasteiger partial charge in [0.25, 0.3) is 0 Å². The van der Waals surface area contributed by atoms with Crippen LogP contribution in [0.25, 0.3) is 43.7 Å². The fourth-order valence-electron chi connectivity index (χ4n) is 5.06. The van der Waals surface area contributed by atoms with Crippen molar-refractivity contribution in [2.75, 3.05) is 0 Å². The topological polar surface area (TPSA) is 39.1 Å². The number of nitrogens with zero attached hydrogens (tertiary/aromatic N) is 1. The van der Waals surface area contributed by atoms with Gasteiger partial charge in [-0.05, 0) is 47.2 Å². The van der Waals surface area contributed by atoms with Gasteiger partial charge in [0.15, 0.2) is 11.6 Å². The van der Waals surface area contributed by atoms with Crippen molar-refractivity contribution in [2.24, 2.45) is 0 Å². The van der Waals surface area contributed by atoms with Gasteiger partial charge < -0.3 is 4.57 Å². The van der Waals surface area contributed by atoms with Crippen LogP contribution in [-0.4, -0.2) is 16.1 Å². The molecule has 4 heteroatoms. The number of allylic oxidation sites excluding steroid dienone is 1. The van der Waals surface area contributed by atoms with Gasteiger partial charge in [-0.3, -0.25) is 9.59 Å². The minimum atomic E-state index is -0.197. The number of ketones is 2. The number of thiophene rings is 1. The molecular weight excluding hydrogens is 438 g/mol. The molecule has 4 aromatic carbocycles. The van der Waals surface area contributed by atoms with Gasteiger partial charge in [-0.2, -0.15) is 0 Å². The first-order valence-electron chi connectivity index (χ1n) is 11.1. The van der Waals surface area contributed by atoms with Gasteiger partial charge in [0, 0.05) is 26.8 Å². The summed E-state index contributed by atoms with van der Waals surface area (Å²) in [7, 11) is 0. The van der Waals surface area contributed by atoms with Gasteiger partial charge in [0.05, 0.1) is 16.6 Å². The van der Waals surface area contributed by atoms with Gasteiger partial charge in [0.1, 0.15) is 5.00 Å². The van der Waals surface area contributed by atoms with E-state index in [4.69, 9.17) is 0 Å². The summed E-state index contributed by atoms with van der Waals surface area (Å²) in [4.78, 5) is 27.4. The van der Waals surface area contributed by atoms with Gasteiger partial charge >= 0.3 is 0 Å². The molecular formula is C30H17NO2S. The van der Waals surface area contributed by atoms with Crippen LogP contribution in [0.5, 0.6) is 0 Å². The van der Waals surface area contributed by atoms with Crippen LogP contribution in [0.1, 0.15) is 25.6 Å². The van der Waals surface area contributed by atoms with Crippen LogP contribution in [0, 0.1) is 0 Å². The van der Waals surface area contributed by atoms with Crippen molar-refractivity contribution in [3.63, 3.8) is 0 Å². The van der Waals surface area contributed by atoms with Crippen molar-refractivity contribution >= 4 is 61.6 Å². The summed E-state index contributed by atoms with van der Waals surface area (Å²) in [5.74, 6) is -0.388. The smallest absolute Gasteiger partial charge is 0.198 e. The van der Waals surface area contributed by atoms with E-state index in [2.05, 4.69) is 47.0 Å². The van der Waals surface area contributed by atoms with E-state index >= 15 is 0 Å². The molecule has 0 amide bonds. The Kier molecular flexibility index (Phi) is 4.02. The lowest BCUT2D eigenvalue weighted by atomic mass is 10.0. The van der Waals surface area contributed by atoms with E-state index in [1.165, 1.54) is 10.8 Å². The van der Waals surface area contributed by atoms with Crippen molar-refractivity contribution in [1.82, 2.24) is 4.57 Å². The number of para-hydroxylation sites is 2. The normalized spacial score (nSPS) is 14.6. The Morgan fingerprint density at radius 2 is 1.26 bits per heavy atom. The Labute approximate surface area is 199 Å². The summed E-state index contributed by atoms with van der Waals surface area (Å²) >= 11 is 1.58. The quantitative estimate of drug-likeness (QED) is 0.201. The molecule has 34 heavy (non-hydrogen) atoms. The second kappa shape index (κ2) is 7.11. The van der Waals surface area contributed by atoms with Gasteiger partial charge in [-0.25, -0.2) is 0 Å². The SMILES string of the molecule is O=C1/C(=C\c2ccc(-n3c4ccccc4c4ccccc43)s2)C(=O)c2c1ccc1ccccc21. The first kappa shape index (κ1) is 19.2. The molecule has 0 spiro atoms. The number of hydrogen-bond acceptors (Lipinski definition) is 3. The van der Waals surface area contributed by atoms with Crippen LogP contribution in [0.2, 0.25) is 0 Å². The second-order valence-electron chi connectivity index (χ2n) is 8.47. The van der Waals surface area contributed by atoms with E-state index in [9.17, 15) is 9.59 Å². The molecule has 2 heterocycles. The monoisotopic (exact) mass is 455 g/mol. The Morgan fingerprint density at radius 3 is 2.00 bits per heavy atom. The molecule has 3 nitrogen and oxygen atoms in total. The first-order chi connectivity index (χ1) is 16.7. The maximum Gasteiger partial charge on any atom is 0.198 e. The van der Waals surface area contributed by atoms with Crippen molar-refractivity contribution in [3.8, 4) is 5.00 Å². The van der Waals surface area contributed by atoms with Crippen LogP contribution in [-0.2, 0) is 0 Å². The Balaban J connectivity index is 1.36. The molecule has 0 fully saturated rings. The number of aromatic nitrogens is 1. The Morgan fingerprint density at radius 1 is 0.618 bits per heavy atom. The molecule has 2 aromatic heterocycles. The zero-order valence-electron chi connectivity index (χ0n) is 18.0. The van der Waals surface area contributed by atoms with Crippen molar-refractivity contribution in [1.29, 1.82) is 0 Å². The van der Waals surface area contributed by atoms with Crippen LogP contribution in [0.15, 0.2) is 103 Å². The average molecular weight is 456 g/mol. The minimum absolute atomic E-state index is 0.191. The maximum atomic E-state index is 13.3. The summed E-state index contributed by atoms with van der Waals surface area (Å²) in [5, 5.41) is 5.25. The van der Waals surface area contributed by atoms with Gasteiger partial charge in [-0.1, -0.05) is 66.7 Å². The predicted octanol–water partition coefficient (Wildman–Crippen LogP) is 7.46. The number of hydrogen-bond donors (Lipinski definition) is 0. The van der Waals surface area contributed by atoms with E-state index in [1.807, 2.05) is 48.5 Å². The lowest BCUT2D eigenvalue weighted by Crippen LogP contribution is -1.99. The largest absolute Gasteiger partial charge is 0.301 e. The number of carbonyl (C=O) groups is 2. The summed E-state index contributed by atoms with van der Waals surface area (Å²) in [6.07, 6.45) is 1.75. The van der Waals surface area contributed by atoms with E-state index in [0.717, 1.165) is 31.7 Å². The number of Topliss-reactive ketones (excluding diaryl/α,β-unsaturated/α-hetero) is 2. The van der Waals surface area contributed by atoms with E-state index in [-0.39, 0.29) is 17.1 Å². The average Bonchev–Trinajstić information content (AvgIpc) is 3.54. The van der Waals surface area contributed by atoms with Gasteiger partial charge in [0.2, 0.25) is 0 Å². The summed E-state index contributed by atoms with van der Waals surface area (Å²) in [5.41, 5.74) is 3.53. The highest BCUT2D eigenvalue weighted by molar-refractivity contribution is 7.15. The van der Waals surface area contributed by atoms with Crippen molar-refractivity contribution in [2.45, 2.75) is 0 Å². The van der Waals surface area contributed by atoms with E-state index in [1.54, 1.807) is 23.5 Å². The third-order valence-electron chi connectivity index (χ3n) is 6.59. The van der Waals surface area contributed by atoms with Crippen molar-refractivity contribution in [3.05, 3.63) is 119 Å². The lowest BCUT2D eigenvalue weighted by molar-refractivity contribution is 0.0991. The molecule has 0 aliphatic heterocycles. The molecule has 7 rings (SSSR count). The number of rotatable bonds is 2. The molecule has 160 valence electrons. The zero-order chi connectivity index (χ0) is 22.8. The standard InChI is InChI=1S/C30H17NO2S/c32-29-23-15-13-18-7-1-2-8-20(18)28(23)30(33)24(29)17-19-14-16-27(34-19)31-25-11-5-3-9-21(25)22-10-4-6-12-26(22)31/h1-17H/b24-17+. The number of carbonyl (C=O) groups excluding carboxylic acids is 2. The molecule has 0 saturated carbocycles. The first-order valence-corrected chi connectivity index (χ1v) is 11.9. The molecule has 0 bridgehead atoms. The van der Waals surface area contributed by atoms with E-state index < -0.39 is 0 Å². The zero-order valence-corrected chi connectivity index (χ0v) is 18.8. The molecule has 0 saturated heterocycles. The summed E-state index contributed by atoms with van der Waals surface area (Å²) < 4.78 is 2.25. The lowest BCUT2D eigenvalue weighted by Gasteiger charge is -2.03. The molecule has 1 aliphatic carbocycles. The predicted molar refractivity (Wildman–Crippen MR) is 139 cm³/mol. The minimum Gasteiger partial charge on any atom is -0.301 e. The van der Waals surface area contributed by atoms with Crippen LogP contribution in [0.3, 0.4) is 0 Å². The van der Waals surface area contributed by atoms with Crippen LogP contribution < -0.4 is 0 Å². The van der Waals surface area contributed by atoms with Crippen LogP contribution in [0.4, 0.5) is 0 Å². The fourth-order valence-corrected chi connectivity index (χ4v) is 6.04. The number of benzene rings is 4. The summed E-state index contributed by atoms with van der Waals surface area (Å²) in [6.45, 7) is 0. The van der Waals surface area contributed by atoms with Crippen LogP contribution >= 0.6 is 11.3 Å². The van der Waals surface area contributed by atoms with Gasteiger partial charge in [-0.15, -0.1) is 11.3 Å². The molecule has 1 aliphatic rings. The molecule has 0 unspecified atom stereocenters. The molecule has 0 N–H and O–H groups in total.